The lowest BCUT2D eigenvalue weighted by Crippen LogP contribution is -2.42. The van der Waals surface area contributed by atoms with Crippen LogP contribution in [0.1, 0.15) is 103 Å². The molecular weight excluding hydrogens is 338 g/mol. The van der Waals surface area contributed by atoms with Crippen LogP contribution in [0.2, 0.25) is 0 Å². The molecule has 0 radical (unpaired) electrons. The minimum Gasteiger partial charge on any atom is -0.354 e. The van der Waals surface area contributed by atoms with Crippen LogP contribution >= 0.6 is 0 Å². The van der Waals surface area contributed by atoms with Gasteiger partial charge in [0.25, 0.3) is 0 Å². The van der Waals surface area contributed by atoms with Crippen LogP contribution < -0.4 is 16.0 Å². The molecule has 1 saturated heterocycles. The standard InChI is InChI=1S/C22H43N3O2/c1-2-3-4-5-6-7-8-9-10-11-12-13-17-23-18-14-19-24-22(27)20-15-16-21(26)25-20/h20,23H,2-19H2,1H3,(H,24,27)(H,25,26)/t20-/m0/s1. The number of hydrogen-bond donors (Lipinski definition) is 3. The summed E-state index contributed by atoms with van der Waals surface area (Å²) in [6.07, 6.45) is 18.6. The molecule has 1 atom stereocenters. The topological polar surface area (TPSA) is 70.2 Å². The van der Waals surface area contributed by atoms with Crippen molar-refractivity contribution < 1.29 is 9.59 Å². The van der Waals surface area contributed by atoms with E-state index in [1.54, 1.807) is 0 Å². The zero-order valence-electron chi connectivity index (χ0n) is 17.6. The Balaban J connectivity index is 1.72. The molecule has 1 fully saturated rings. The molecule has 5 nitrogen and oxygen atoms in total. The van der Waals surface area contributed by atoms with Crippen LogP contribution in [0.15, 0.2) is 0 Å². The Hall–Kier alpha value is -1.10. The smallest absolute Gasteiger partial charge is 0.242 e. The van der Waals surface area contributed by atoms with Crippen molar-refractivity contribution in [2.75, 3.05) is 19.6 Å². The van der Waals surface area contributed by atoms with E-state index in [4.69, 9.17) is 0 Å². The maximum Gasteiger partial charge on any atom is 0.242 e. The third-order valence-electron chi connectivity index (χ3n) is 5.35. The van der Waals surface area contributed by atoms with Gasteiger partial charge in [0.2, 0.25) is 11.8 Å². The van der Waals surface area contributed by atoms with E-state index in [0.717, 1.165) is 19.5 Å². The molecule has 0 aromatic rings. The van der Waals surface area contributed by atoms with Crippen molar-refractivity contribution in [3.05, 3.63) is 0 Å². The zero-order chi connectivity index (χ0) is 19.6. The molecule has 0 saturated carbocycles. The summed E-state index contributed by atoms with van der Waals surface area (Å²) < 4.78 is 0. The second-order valence-corrected chi connectivity index (χ2v) is 7.94. The number of carbonyl (C=O) groups is 2. The van der Waals surface area contributed by atoms with Gasteiger partial charge in [-0.05, 0) is 32.4 Å². The average molecular weight is 382 g/mol. The summed E-state index contributed by atoms with van der Waals surface area (Å²) in [6, 6.07) is -0.313. The summed E-state index contributed by atoms with van der Waals surface area (Å²) in [4.78, 5) is 22.9. The van der Waals surface area contributed by atoms with Crippen molar-refractivity contribution >= 4 is 11.8 Å². The second kappa shape index (κ2) is 17.0. The summed E-state index contributed by atoms with van der Waals surface area (Å²) in [5.74, 6) is -0.0546. The van der Waals surface area contributed by atoms with E-state index in [2.05, 4.69) is 22.9 Å². The molecule has 1 aliphatic heterocycles. The first-order valence-electron chi connectivity index (χ1n) is 11.5. The highest BCUT2D eigenvalue weighted by Crippen LogP contribution is 2.11. The summed E-state index contributed by atoms with van der Waals surface area (Å²) in [5, 5.41) is 9.05. The molecule has 0 unspecified atom stereocenters. The Morgan fingerprint density at radius 2 is 1.41 bits per heavy atom. The Labute approximate surface area is 166 Å². The number of hydrogen-bond acceptors (Lipinski definition) is 3. The predicted molar refractivity (Wildman–Crippen MR) is 113 cm³/mol. The third kappa shape index (κ3) is 13.7. The molecule has 1 rings (SSSR count). The average Bonchev–Trinajstić information content (AvgIpc) is 3.10. The fourth-order valence-electron chi connectivity index (χ4n) is 3.57. The Morgan fingerprint density at radius 3 is 1.96 bits per heavy atom. The van der Waals surface area contributed by atoms with Gasteiger partial charge >= 0.3 is 0 Å². The first kappa shape index (κ1) is 23.9. The summed E-state index contributed by atoms with van der Waals surface area (Å²) >= 11 is 0. The molecule has 0 aromatic heterocycles. The Bertz CT molecular complexity index is 388. The van der Waals surface area contributed by atoms with Gasteiger partial charge in [-0.2, -0.15) is 0 Å². The van der Waals surface area contributed by atoms with Crippen LogP contribution in [0.3, 0.4) is 0 Å². The normalized spacial score (nSPS) is 16.5. The SMILES string of the molecule is CCCCCCCCCCCCCCNCCCNC(=O)[C@@H]1CCC(=O)N1. The molecule has 27 heavy (non-hydrogen) atoms. The molecular formula is C22H43N3O2. The first-order valence-corrected chi connectivity index (χ1v) is 11.5. The maximum absolute atomic E-state index is 11.8. The van der Waals surface area contributed by atoms with Crippen LogP contribution in [0.5, 0.6) is 0 Å². The highest BCUT2D eigenvalue weighted by molar-refractivity contribution is 5.90. The molecule has 0 aliphatic carbocycles. The zero-order valence-corrected chi connectivity index (χ0v) is 17.6. The summed E-state index contributed by atoms with van der Waals surface area (Å²) in [6.45, 7) is 4.96. The summed E-state index contributed by atoms with van der Waals surface area (Å²) in [5.41, 5.74) is 0. The molecule has 2 amide bonds. The Morgan fingerprint density at radius 1 is 0.852 bits per heavy atom. The van der Waals surface area contributed by atoms with Crippen LogP contribution in [-0.4, -0.2) is 37.5 Å². The number of rotatable bonds is 18. The monoisotopic (exact) mass is 381 g/mol. The number of carbonyl (C=O) groups excluding carboxylic acids is 2. The fourth-order valence-corrected chi connectivity index (χ4v) is 3.57. The van der Waals surface area contributed by atoms with E-state index in [0.29, 0.717) is 19.4 Å². The highest BCUT2D eigenvalue weighted by Gasteiger charge is 2.26. The van der Waals surface area contributed by atoms with Gasteiger partial charge in [-0.3, -0.25) is 9.59 Å². The molecule has 0 aromatic carbocycles. The fraction of sp³-hybridized carbons (Fsp3) is 0.909. The van der Waals surface area contributed by atoms with Crippen molar-refractivity contribution in [1.82, 2.24) is 16.0 Å². The lowest BCUT2D eigenvalue weighted by molar-refractivity contribution is -0.125. The van der Waals surface area contributed by atoms with Gasteiger partial charge in [0.1, 0.15) is 6.04 Å². The third-order valence-corrected chi connectivity index (χ3v) is 5.35. The van der Waals surface area contributed by atoms with Crippen LogP contribution in [0, 0.1) is 0 Å². The van der Waals surface area contributed by atoms with Crippen molar-refractivity contribution in [1.29, 1.82) is 0 Å². The van der Waals surface area contributed by atoms with Crippen molar-refractivity contribution in [3.8, 4) is 0 Å². The van der Waals surface area contributed by atoms with Gasteiger partial charge in [-0.1, -0.05) is 77.6 Å². The van der Waals surface area contributed by atoms with Gasteiger partial charge in [-0.15, -0.1) is 0 Å². The van der Waals surface area contributed by atoms with Gasteiger partial charge < -0.3 is 16.0 Å². The van der Waals surface area contributed by atoms with Crippen molar-refractivity contribution in [2.45, 2.75) is 109 Å². The molecule has 158 valence electrons. The molecule has 1 heterocycles. The lowest BCUT2D eigenvalue weighted by Gasteiger charge is -2.11. The summed E-state index contributed by atoms with van der Waals surface area (Å²) in [7, 11) is 0. The predicted octanol–water partition coefficient (Wildman–Crippen LogP) is 4.06. The van der Waals surface area contributed by atoms with E-state index in [9.17, 15) is 9.59 Å². The van der Waals surface area contributed by atoms with E-state index in [1.165, 1.54) is 77.0 Å². The molecule has 3 N–H and O–H groups in total. The van der Waals surface area contributed by atoms with E-state index >= 15 is 0 Å². The molecule has 5 heteroatoms. The minimum absolute atomic E-state index is 0.0146. The molecule has 1 aliphatic rings. The van der Waals surface area contributed by atoms with Gasteiger partial charge in [0.05, 0.1) is 0 Å². The number of unbranched alkanes of at least 4 members (excludes halogenated alkanes) is 11. The number of nitrogens with one attached hydrogen (secondary N) is 3. The molecule has 0 spiro atoms. The van der Waals surface area contributed by atoms with Crippen LogP contribution in [-0.2, 0) is 9.59 Å². The van der Waals surface area contributed by atoms with E-state index in [1.807, 2.05) is 0 Å². The van der Waals surface area contributed by atoms with Crippen molar-refractivity contribution in [3.63, 3.8) is 0 Å². The number of amides is 2. The lowest BCUT2D eigenvalue weighted by atomic mass is 10.1. The second-order valence-electron chi connectivity index (χ2n) is 7.94. The maximum atomic E-state index is 11.8. The molecule has 0 bridgehead atoms. The van der Waals surface area contributed by atoms with E-state index < -0.39 is 0 Å². The minimum atomic E-state index is -0.313. The van der Waals surface area contributed by atoms with Gasteiger partial charge in [0.15, 0.2) is 0 Å². The first-order chi connectivity index (χ1) is 13.2. The Kier molecular flexibility index (Phi) is 15.1. The van der Waals surface area contributed by atoms with Gasteiger partial charge in [0, 0.05) is 13.0 Å². The van der Waals surface area contributed by atoms with Crippen LogP contribution in [0.4, 0.5) is 0 Å². The largest absolute Gasteiger partial charge is 0.354 e. The highest BCUT2D eigenvalue weighted by atomic mass is 16.2. The van der Waals surface area contributed by atoms with E-state index in [-0.39, 0.29) is 17.9 Å². The van der Waals surface area contributed by atoms with Crippen LogP contribution in [0.25, 0.3) is 0 Å². The quantitative estimate of drug-likeness (QED) is 0.314. The van der Waals surface area contributed by atoms with Crippen molar-refractivity contribution in [2.24, 2.45) is 0 Å². The van der Waals surface area contributed by atoms with Gasteiger partial charge in [-0.25, -0.2) is 0 Å².